The minimum atomic E-state index is 0.889. The quantitative estimate of drug-likeness (QED) is 0.180. The highest BCUT2D eigenvalue weighted by Gasteiger charge is 2.22. The van der Waals surface area contributed by atoms with Crippen molar-refractivity contribution in [3.63, 3.8) is 0 Å². The Morgan fingerprint density at radius 1 is 0.326 bits per heavy atom. The summed E-state index contributed by atoms with van der Waals surface area (Å²) in [5, 5.41) is 8.52. The molecule has 0 aliphatic carbocycles. The third kappa shape index (κ3) is 4.25. The summed E-state index contributed by atoms with van der Waals surface area (Å²) in [6, 6.07) is 62.6. The van der Waals surface area contributed by atoms with Crippen LogP contribution >= 0.6 is 0 Å². The second-order valence-corrected chi connectivity index (χ2v) is 11.6. The first-order valence-corrected chi connectivity index (χ1v) is 15.7. The lowest BCUT2D eigenvalue weighted by molar-refractivity contribution is 1.22. The molecule has 0 aliphatic heterocycles. The Morgan fingerprint density at radius 2 is 0.761 bits per heavy atom. The molecule has 3 heteroatoms. The first-order chi connectivity index (χ1) is 22.8. The van der Waals surface area contributed by atoms with E-state index in [0.29, 0.717) is 0 Å². The zero-order valence-electron chi connectivity index (χ0n) is 25.1. The van der Waals surface area contributed by atoms with Gasteiger partial charge in [-0.25, -0.2) is 4.98 Å². The molecule has 0 aliphatic rings. The molecule has 1 heterocycles. The normalized spacial score (nSPS) is 11.5. The van der Waals surface area contributed by atoms with E-state index in [1.54, 1.807) is 0 Å². The third-order valence-corrected chi connectivity index (χ3v) is 8.96. The highest BCUT2D eigenvalue weighted by atomic mass is 15.2. The summed E-state index contributed by atoms with van der Waals surface area (Å²) < 4.78 is 0. The van der Waals surface area contributed by atoms with E-state index in [4.69, 9.17) is 4.98 Å². The Hall–Kier alpha value is -6.19. The summed E-state index contributed by atoms with van der Waals surface area (Å²) in [5.41, 5.74) is 6.56. The minimum Gasteiger partial charge on any atom is -0.310 e. The predicted molar refractivity (Wildman–Crippen MR) is 195 cm³/mol. The molecular formula is C43H29N3. The van der Waals surface area contributed by atoms with Crippen LogP contribution in [0.5, 0.6) is 0 Å². The molecule has 1 aromatic heterocycles. The van der Waals surface area contributed by atoms with Gasteiger partial charge in [0.25, 0.3) is 0 Å². The molecule has 0 amide bonds. The van der Waals surface area contributed by atoms with E-state index in [-0.39, 0.29) is 0 Å². The lowest BCUT2D eigenvalue weighted by Gasteiger charge is -2.29. The van der Waals surface area contributed by atoms with Gasteiger partial charge < -0.3 is 4.90 Å². The summed E-state index contributed by atoms with van der Waals surface area (Å²) >= 11 is 0. The molecule has 0 bridgehead atoms. The van der Waals surface area contributed by atoms with Crippen molar-refractivity contribution in [2.45, 2.75) is 0 Å². The number of nitrogens with zero attached hydrogens (tertiary/aromatic N) is 3. The van der Waals surface area contributed by atoms with Crippen LogP contribution < -0.4 is 9.80 Å². The van der Waals surface area contributed by atoms with Gasteiger partial charge in [-0.05, 0) is 88.3 Å². The first kappa shape index (κ1) is 26.2. The molecule has 0 fully saturated rings. The number of rotatable bonds is 6. The number of hydrogen-bond acceptors (Lipinski definition) is 3. The number of benzene rings is 8. The summed E-state index contributed by atoms with van der Waals surface area (Å²) in [4.78, 5) is 9.82. The van der Waals surface area contributed by atoms with Crippen LogP contribution in [0.25, 0.3) is 43.2 Å². The Morgan fingerprint density at radius 3 is 1.33 bits per heavy atom. The number of hydrogen-bond donors (Lipinski definition) is 0. The summed E-state index contributed by atoms with van der Waals surface area (Å²) in [6.45, 7) is 0. The van der Waals surface area contributed by atoms with Gasteiger partial charge in [-0.2, -0.15) is 0 Å². The molecule has 0 radical (unpaired) electrons. The van der Waals surface area contributed by atoms with Crippen molar-refractivity contribution >= 4 is 77.5 Å². The largest absolute Gasteiger partial charge is 0.310 e. The molecule has 9 aromatic rings. The first-order valence-electron chi connectivity index (χ1n) is 15.7. The molecule has 3 nitrogen and oxygen atoms in total. The van der Waals surface area contributed by atoms with E-state index in [2.05, 4.69) is 180 Å². The Kier molecular flexibility index (Phi) is 6.14. The van der Waals surface area contributed by atoms with Crippen molar-refractivity contribution < 1.29 is 0 Å². The van der Waals surface area contributed by atoms with E-state index in [0.717, 1.165) is 45.2 Å². The van der Waals surface area contributed by atoms with Crippen LogP contribution in [-0.4, -0.2) is 4.98 Å². The fraction of sp³-hybridized carbons (Fsp3) is 0. The maximum absolute atomic E-state index is 5.16. The van der Waals surface area contributed by atoms with Crippen LogP contribution in [0.15, 0.2) is 176 Å². The molecule has 216 valence electrons. The summed E-state index contributed by atoms with van der Waals surface area (Å²) in [5.74, 6) is 0.889. The van der Waals surface area contributed by atoms with Gasteiger partial charge in [-0.15, -0.1) is 0 Å². The average Bonchev–Trinajstić information content (AvgIpc) is 3.13. The van der Waals surface area contributed by atoms with Gasteiger partial charge in [0.05, 0.1) is 16.9 Å². The average molecular weight is 588 g/mol. The molecular weight excluding hydrogens is 558 g/mol. The van der Waals surface area contributed by atoms with E-state index < -0.39 is 0 Å². The highest BCUT2D eigenvalue weighted by Crippen LogP contribution is 2.47. The van der Waals surface area contributed by atoms with Crippen molar-refractivity contribution in [2.24, 2.45) is 0 Å². The van der Waals surface area contributed by atoms with Crippen molar-refractivity contribution in [3.8, 4) is 0 Å². The highest BCUT2D eigenvalue weighted by molar-refractivity contribution is 6.28. The number of pyridine rings is 1. The third-order valence-electron chi connectivity index (χ3n) is 8.96. The van der Waals surface area contributed by atoms with E-state index in [1.807, 2.05) is 6.07 Å². The molecule has 0 spiro atoms. The fourth-order valence-electron chi connectivity index (χ4n) is 6.89. The van der Waals surface area contributed by atoms with Crippen LogP contribution in [0.2, 0.25) is 0 Å². The number of anilines is 6. The van der Waals surface area contributed by atoms with Gasteiger partial charge in [0.1, 0.15) is 5.82 Å². The standard InChI is InChI=1S/C43H29N3/c1-4-13-33(14-5-1)45(34-15-6-2-7-16-34)39-27-22-31-21-26-37-40(28-23-32-20-25-36(39)42(31)43(32)37)46(35-17-8-3-9-18-35)41-29-24-30-12-10-11-19-38(30)44-41/h1-29H. The molecule has 8 aromatic carbocycles. The zero-order chi connectivity index (χ0) is 30.5. The van der Waals surface area contributed by atoms with Crippen molar-refractivity contribution in [2.75, 3.05) is 9.80 Å². The van der Waals surface area contributed by atoms with E-state index in [9.17, 15) is 0 Å². The van der Waals surface area contributed by atoms with Crippen molar-refractivity contribution in [1.29, 1.82) is 0 Å². The van der Waals surface area contributed by atoms with Gasteiger partial charge in [0, 0.05) is 33.2 Å². The lowest BCUT2D eigenvalue weighted by atomic mass is 9.92. The lowest BCUT2D eigenvalue weighted by Crippen LogP contribution is -2.12. The maximum atomic E-state index is 5.16. The molecule has 0 atom stereocenters. The van der Waals surface area contributed by atoms with Gasteiger partial charge in [0.15, 0.2) is 0 Å². The summed E-state index contributed by atoms with van der Waals surface area (Å²) in [6.07, 6.45) is 0. The molecule has 0 N–H and O–H groups in total. The van der Waals surface area contributed by atoms with Crippen LogP contribution in [0.3, 0.4) is 0 Å². The monoisotopic (exact) mass is 587 g/mol. The van der Waals surface area contributed by atoms with Crippen LogP contribution in [-0.2, 0) is 0 Å². The molecule has 9 rings (SSSR count). The maximum Gasteiger partial charge on any atom is 0.138 e. The van der Waals surface area contributed by atoms with E-state index in [1.165, 1.54) is 32.3 Å². The van der Waals surface area contributed by atoms with Gasteiger partial charge in [0.2, 0.25) is 0 Å². The minimum absolute atomic E-state index is 0.889. The Bertz CT molecular complexity index is 2430. The van der Waals surface area contributed by atoms with E-state index >= 15 is 0 Å². The van der Waals surface area contributed by atoms with Crippen LogP contribution in [0.1, 0.15) is 0 Å². The number of para-hydroxylation sites is 4. The van der Waals surface area contributed by atoms with Crippen LogP contribution in [0, 0.1) is 0 Å². The number of fused-ring (bicyclic) bond motifs is 1. The SMILES string of the molecule is c1ccc(N(c2ccccc2)c2ccc3ccc4c(N(c5ccccc5)c5ccc6ccccc6n5)ccc5ccc2c3c54)cc1. The number of aromatic nitrogens is 1. The smallest absolute Gasteiger partial charge is 0.138 e. The second-order valence-electron chi connectivity index (χ2n) is 11.6. The molecule has 0 unspecified atom stereocenters. The van der Waals surface area contributed by atoms with Gasteiger partial charge in [-0.1, -0.05) is 109 Å². The van der Waals surface area contributed by atoms with Gasteiger partial charge in [-0.3, -0.25) is 4.90 Å². The molecule has 46 heavy (non-hydrogen) atoms. The van der Waals surface area contributed by atoms with Crippen molar-refractivity contribution in [3.05, 3.63) is 176 Å². The summed E-state index contributed by atoms with van der Waals surface area (Å²) in [7, 11) is 0. The Labute approximate surface area is 267 Å². The molecule has 0 saturated heterocycles. The predicted octanol–water partition coefficient (Wildman–Crippen LogP) is 12.1. The Balaban J connectivity index is 1.32. The topological polar surface area (TPSA) is 19.4 Å². The van der Waals surface area contributed by atoms with Gasteiger partial charge >= 0.3 is 0 Å². The molecule has 0 saturated carbocycles. The zero-order valence-corrected chi connectivity index (χ0v) is 25.1. The van der Waals surface area contributed by atoms with Crippen molar-refractivity contribution in [1.82, 2.24) is 4.98 Å². The second kappa shape index (κ2) is 10.8. The van der Waals surface area contributed by atoms with Crippen LogP contribution in [0.4, 0.5) is 34.3 Å². The fourth-order valence-corrected chi connectivity index (χ4v) is 6.89.